The zero-order chi connectivity index (χ0) is 15.6. The van der Waals surface area contributed by atoms with E-state index in [1.54, 1.807) is 11.3 Å². The highest BCUT2D eigenvalue weighted by Crippen LogP contribution is 2.27. The molecule has 0 unspecified atom stereocenters. The van der Waals surface area contributed by atoms with Crippen molar-refractivity contribution >= 4 is 44.5 Å². The van der Waals surface area contributed by atoms with Gasteiger partial charge in [0.05, 0.1) is 10.6 Å². The number of halogens is 1. The van der Waals surface area contributed by atoms with E-state index in [1.165, 1.54) is 0 Å². The smallest absolute Gasteiger partial charge is 0.154 e. The number of rotatable bonds is 2. The lowest BCUT2D eigenvalue weighted by atomic mass is 10.1. The Morgan fingerprint density at radius 2 is 1.74 bits per heavy atom. The third kappa shape index (κ3) is 2.85. The van der Waals surface area contributed by atoms with Crippen molar-refractivity contribution in [3.8, 4) is 0 Å². The second-order valence-electron chi connectivity index (χ2n) is 5.03. The average Bonchev–Trinajstić information content (AvgIpc) is 3.03. The van der Waals surface area contributed by atoms with Crippen LogP contribution in [-0.2, 0) is 0 Å². The molecule has 1 aliphatic heterocycles. The van der Waals surface area contributed by atoms with Gasteiger partial charge in [0.1, 0.15) is 5.71 Å². The second kappa shape index (κ2) is 6.10. The quantitative estimate of drug-likeness (QED) is 0.669. The number of hydrazone groups is 1. The highest BCUT2D eigenvalue weighted by Gasteiger charge is 2.17. The number of nitrogens with zero attached hydrogens (tertiary/aromatic N) is 2. The fourth-order valence-corrected chi connectivity index (χ4v) is 3.42. The van der Waals surface area contributed by atoms with Crippen LogP contribution in [0.4, 0.5) is 5.69 Å². The summed E-state index contributed by atoms with van der Waals surface area (Å²) in [6.07, 6.45) is 0. The molecule has 0 aliphatic carbocycles. The SMILES string of the molecule is Brc1ccc(C2=Nc3ccccc3C(c3cccs3)=NN2)cc1. The summed E-state index contributed by atoms with van der Waals surface area (Å²) < 4.78 is 1.04. The highest BCUT2D eigenvalue weighted by atomic mass is 79.9. The number of nitrogens with one attached hydrogen (secondary N) is 1. The van der Waals surface area contributed by atoms with E-state index < -0.39 is 0 Å². The molecule has 1 aromatic heterocycles. The van der Waals surface area contributed by atoms with Crippen LogP contribution in [0, 0.1) is 0 Å². The summed E-state index contributed by atoms with van der Waals surface area (Å²) in [6.45, 7) is 0. The van der Waals surface area contributed by atoms with E-state index in [-0.39, 0.29) is 0 Å². The maximum atomic E-state index is 4.78. The first-order chi connectivity index (χ1) is 11.3. The van der Waals surface area contributed by atoms with Crippen molar-refractivity contribution in [2.75, 3.05) is 0 Å². The fourth-order valence-electron chi connectivity index (χ4n) is 2.42. The predicted molar refractivity (Wildman–Crippen MR) is 99.9 cm³/mol. The Morgan fingerprint density at radius 1 is 0.913 bits per heavy atom. The number of hydrogen-bond acceptors (Lipinski definition) is 4. The van der Waals surface area contributed by atoms with E-state index in [0.29, 0.717) is 0 Å². The second-order valence-corrected chi connectivity index (χ2v) is 6.90. The zero-order valence-electron chi connectivity index (χ0n) is 12.0. The molecule has 23 heavy (non-hydrogen) atoms. The van der Waals surface area contributed by atoms with Crippen molar-refractivity contribution in [1.82, 2.24) is 5.43 Å². The Morgan fingerprint density at radius 3 is 2.52 bits per heavy atom. The molecule has 1 aliphatic rings. The largest absolute Gasteiger partial charge is 0.260 e. The molecule has 2 aromatic carbocycles. The highest BCUT2D eigenvalue weighted by molar-refractivity contribution is 9.10. The number of hydrogen-bond donors (Lipinski definition) is 1. The lowest BCUT2D eigenvalue weighted by molar-refractivity contribution is 1.03. The van der Waals surface area contributed by atoms with Crippen molar-refractivity contribution in [1.29, 1.82) is 0 Å². The van der Waals surface area contributed by atoms with Crippen LogP contribution in [0.1, 0.15) is 16.0 Å². The molecule has 5 heteroatoms. The van der Waals surface area contributed by atoms with Crippen LogP contribution < -0.4 is 5.43 Å². The third-order valence-electron chi connectivity index (χ3n) is 3.54. The molecule has 0 saturated carbocycles. The summed E-state index contributed by atoms with van der Waals surface area (Å²) in [5.41, 5.74) is 7.01. The van der Waals surface area contributed by atoms with Gasteiger partial charge in [-0.1, -0.05) is 52.3 Å². The molecule has 2 heterocycles. The summed E-state index contributed by atoms with van der Waals surface area (Å²) in [7, 11) is 0. The van der Waals surface area contributed by atoms with Gasteiger partial charge in [0, 0.05) is 15.6 Å². The Hall–Kier alpha value is -2.24. The van der Waals surface area contributed by atoms with Gasteiger partial charge in [-0.25, -0.2) is 4.99 Å². The number of fused-ring (bicyclic) bond motifs is 1. The normalized spacial score (nSPS) is 13.4. The lowest BCUT2D eigenvalue weighted by Gasteiger charge is -2.04. The number of para-hydroxylation sites is 1. The van der Waals surface area contributed by atoms with Crippen molar-refractivity contribution in [3.63, 3.8) is 0 Å². The first kappa shape index (κ1) is 14.4. The minimum absolute atomic E-state index is 0.747. The summed E-state index contributed by atoms with van der Waals surface area (Å²) in [5.74, 6) is 0.747. The van der Waals surface area contributed by atoms with Gasteiger partial charge in [-0.05, 0) is 29.6 Å². The third-order valence-corrected chi connectivity index (χ3v) is 4.94. The average molecular weight is 382 g/mol. The Kier molecular flexibility index (Phi) is 3.81. The van der Waals surface area contributed by atoms with E-state index in [4.69, 9.17) is 4.99 Å². The molecule has 4 rings (SSSR count). The van der Waals surface area contributed by atoms with E-state index in [9.17, 15) is 0 Å². The summed E-state index contributed by atoms with van der Waals surface area (Å²) in [4.78, 5) is 5.90. The molecule has 0 fully saturated rings. The van der Waals surface area contributed by atoms with Crippen LogP contribution in [-0.4, -0.2) is 11.5 Å². The first-order valence-electron chi connectivity index (χ1n) is 7.13. The topological polar surface area (TPSA) is 36.8 Å². The molecule has 0 spiro atoms. The van der Waals surface area contributed by atoms with E-state index in [0.717, 1.165) is 37.7 Å². The molecule has 3 aromatic rings. The van der Waals surface area contributed by atoms with Crippen LogP contribution in [0.15, 0.2) is 80.6 Å². The molecule has 0 bridgehead atoms. The van der Waals surface area contributed by atoms with Crippen LogP contribution in [0.3, 0.4) is 0 Å². The van der Waals surface area contributed by atoms with Gasteiger partial charge >= 0.3 is 0 Å². The molecule has 3 nitrogen and oxygen atoms in total. The lowest BCUT2D eigenvalue weighted by Crippen LogP contribution is -2.19. The molecular formula is C18H12BrN3S. The fraction of sp³-hybridized carbons (Fsp3) is 0. The molecule has 112 valence electrons. The Bertz CT molecular complexity index is 896. The first-order valence-corrected chi connectivity index (χ1v) is 8.80. The molecular weight excluding hydrogens is 370 g/mol. The van der Waals surface area contributed by atoms with Crippen molar-refractivity contribution < 1.29 is 0 Å². The van der Waals surface area contributed by atoms with Gasteiger partial charge in [0.25, 0.3) is 0 Å². The summed E-state index contributed by atoms with van der Waals surface area (Å²) in [6, 6.07) is 20.2. The van der Waals surface area contributed by atoms with Crippen LogP contribution in [0.2, 0.25) is 0 Å². The maximum absolute atomic E-state index is 4.78. The van der Waals surface area contributed by atoms with E-state index >= 15 is 0 Å². The number of aliphatic imine (C=N–C) groups is 1. The van der Waals surface area contributed by atoms with Gasteiger partial charge in [0.15, 0.2) is 5.84 Å². The molecule has 0 radical (unpaired) electrons. The standard InChI is InChI=1S/C18H12BrN3S/c19-13-9-7-12(8-10-13)18-20-15-5-2-1-4-14(15)17(21-22-18)16-6-3-11-23-16/h1-11H,(H,20,22). The van der Waals surface area contributed by atoms with Gasteiger partial charge in [-0.3, -0.25) is 5.43 Å². The van der Waals surface area contributed by atoms with E-state index in [1.807, 2.05) is 48.5 Å². The minimum Gasteiger partial charge on any atom is -0.260 e. The molecule has 1 N–H and O–H groups in total. The Labute approximate surface area is 146 Å². The molecule has 0 atom stereocenters. The minimum atomic E-state index is 0.747. The summed E-state index contributed by atoms with van der Waals surface area (Å²) >= 11 is 5.13. The van der Waals surface area contributed by atoms with Gasteiger partial charge in [-0.2, -0.15) is 5.10 Å². The summed E-state index contributed by atoms with van der Waals surface area (Å²) in [5, 5.41) is 6.68. The molecule has 0 saturated heterocycles. The number of thiophene rings is 1. The van der Waals surface area contributed by atoms with Crippen molar-refractivity contribution in [2.24, 2.45) is 10.1 Å². The van der Waals surface area contributed by atoms with Crippen molar-refractivity contribution in [2.45, 2.75) is 0 Å². The van der Waals surface area contributed by atoms with Crippen LogP contribution in [0.5, 0.6) is 0 Å². The zero-order valence-corrected chi connectivity index (χ0v) is 14.4. The number of benzene rings is 2. The maximum Gasteiger partial charge on any atom is 0.154 e. The Balaban J connectivity index is 1.84. The monoisotopic (exact) mass is 381 g/mol. The van der Waals surface area contributed by atoms with Crippen LogP contribution in [0.25, 0.3) is 0 Å². The van der Waals surface area contributed by atoms with Gasteiger partial charge < -0.3 is 0 Å². The van der Waals surface area contributed by atoms with Gasteiger partial charge in [0.2, 0.25) is 0 Å². The van der Waals surface area contributed by atoms with Crippen LogP contribution >= 0.6 is 27.3 Å². The van der Waals surface area contributed by atoms with Crippen molar-refractivity contribution in [3.05, 3.63) is 86.5 Å². The van der Waals surface area contributed by atoms with Gasteiger partial charge in [-0.15, -0.1) is 11.3 Å². The predicted octanol–water partition coefficient (Wildman–Crippen LogP) is 4.94. The van der Waals surface area contributed by atoms with E-state index in [2.05, 4.69) is 44.0 Å². The molecule has 0 amide bonds. The number of amidine groups is 1.